The first kappa shape index (κ1) is 12.8. The lowest BCUT2D eigenvalue weighted by Gasteiger charge is -2.21. The van der Waals surface area contributed by atoms with Gasteiger partial charge in [-0.3, -0.25) is 0 Å². The van der Waals surface area contributed by atoms with Gasteiger partial charge >= 0.3 is 0 Å². The molecule has 18 heavy (non-hydrogen) atoms. The Kier molecular flexibility index (Phi) is 3.49. The summed E-state index contributed by atoms with van der Waals surface area (Å²) in [4.78, 5) is 1.91. The first-order valence-electron chi connectivity index (χ1n) is 5.51. The molecule has 0 atom stereocenters. The van der Waals surface area contributed by atoms with Crippen molar-refractivity contribution in [2.24, 2.45) is 4.40 Å². The van der Waals surface area contributed by atoms with E-state index in [1.165, 1.54) is 6.07 Å². The summed E-state index contributed by atoms with van der Waals surface area (Å²) in [5.41, 5.74) is 0.577. The lowest BCUT2D eigenvalue weighted by atomic mass is 10.2. The van der Waals surface area contributed by atoms with Gasteiger partial charge in [-0.25, -0.2) is 0 Å². The third-order valence-electron chi connectivity index (χ3n) is 2.63. The monoisotopic (exact) mass is 266 g/mol. The molecule has 1 aliphatic heterocycles. The van der Waals surface area contributed by atoms with Crippen LogP contribution in [-0.2, 0) is 10.0 Å². The smallest absolute Gasteiger partial charge is 0.285 e. The van der Waals surface area contributed by atoms with Crippen molar-refractivity contribution in [3.05, 3.63) is 42.5 Å². The summed E-state index contributed by atoms with van der Waals surface area (Å²) in [5, 5.41) is 9.02. The SMILES string of the molecule is C=CCN(CCO)C1=NS(=O)(=O)c2ccccc21. The predicted molar refractivity (Wildman–Crippen MR) is 69.0 cm³/mol. The minimum Gasteiger partial charge on any atom is -0.395 e. The molecule has 0 saturated heterocycles. The Hall–Kier alpha value is -1.66. The number of sulfonamides is 1. The molecule has 1 aliphatic rings. The third kappa shape index (κ3) is 2.16. The van der Waals surface area contributed by atoms with E-state index in [-0.39, 0.29) is 11.5 Å². The van der Waals surface area contributed by atoms with Gasteiger partial charge in [-0.05, 0) is 12.1 Å². The van der Waals surface area contributed by atoms with E-state index in [0.717, 1.165) is 0 Å². The fourth-order valence-electron chi connectivity index (χ4n) is 1.88. The van der Waals surface area contributed by atoms with Gasteiger partial charge in [0.2, 0.25) is 0 Å². The molecule has 6 heteroatoms. The van der Waals surface area contributed by atoms with Crippen molar-refractivity contribution in [1.82, 2.24) is 4.90 Å². The predicted octanol–water partition coefficient (Wildman–Crippen LogP) is 0.616. The number of aliphatic hydroxyl groups is 1. The van der Waals surface area contributed by atoms with Crippen LogP contribution >= 0.6 is 0 Å². The molecule has 0 radical (unpaired) electrons. The van der Waals surface area contributed by atoms with E-state index in [1.807, 2.05) is 0 Å². The number of aliphatic hydroxyl groups excluding tert-OH is 1. The van der Waals surface area contributed by atoms with Gasteiger partial charge in [-0.1, -0.05) is 18.2 Å². The van der Waals surface area contributed by atoms with E-state index >= 15 is 0 Å². The minimum atomic E-state index is -3.61. The van der Waals surface area contributed by atoms with Crippen molar-refractivity contribution in [1.29, 1.82) is 0 Å². The molecular weight excluding hydrogens is 252 g/mol. The van der Waals surface area contributed by atoms with Crippen molar-refractivity contribution in [3.8, 4) is 0 Å². The summed E-state index contributed by atoms with van der Waals surface area (Å²) in [6.45, 7) is 4.29. The van der Waals surface area contributed by atoms with Crippen LogP contribution in [0.2, 0.25) is 0 Å². The van der Waals surface area contributed by atoms with E-state index in [0.29, 0.717) is 24.5 Å². The van der Waals surface area contributed by atoms with Gasteiger partial charge in [0.1, 0.15) is 4.90 Å². The van der Waals surface area contributed by atoms with Crippen molar-refractivity contribution in [2.45, 2.75) is 4.90 Å². The number of amidine groups is 1. The van der Waals surface area contributed by atoms with E-state index in [2.05, 4.69) is 11.0 Å². The number of hydrogen-bond donors (Lipinski definition) is 1. The lowest BCUT2D eigenvalue weighted by molar-refractivity contribution is 0.257. The van der Waals surface area contributed by atoms with Gasteiger partial charge in [-0.2, -0.15) is 8.42 Å². The van der Waals surface area contributed by atoms with Crippen molar-refractivity contribution in [3.63, 3.8) is 0 Å². The van der Waals surface area contributed by atoms with E-state index in [1.54, 1.807) is 29.2 Å². The van der Waals surface area contributed by atoms with E-state index < -0.39 is 10.0 Å². The average Bonchev–Trinajstić information content (AvgIpc) is 2.62. The molecule has 0 saturated carbocycles. The first-order chi connectivity index (χ1) is 8.60. The first-order valence-corrected chi connectivity index (χ1v) is 6.95. The molecule has 96 valence electrons. The summed E-state index contributed by atoms with van der Waals surface area (Å²) in [5.74, 6) is 0.375. The second-order valence-electron chi connectivity index (χ2n) is 3.84. The molecule has 0 unspecified atom stereocenters. The molecule has 0 spiro atoms. The Morgan fingerprint density at radius 2 is 2.11 bits per heavy atom. The Balaban J connectivity index is 2.49. The maximum atomic E-state index is 11.9. The fourth-order valence-corrected chi connectivity index (χ4v) is 3.10. The van der Waals surface area contributed by atoms with Gasteiger partial charge in [0, 0.05) is 18.7 Å². The van der Waals surface area contributed by atoms with Crippen molar-refractivity contribution in [2.75, 3.05) is 19.7 Å². The van der Waals surface area contributed by atoms with Gasteiger partial charge in [-0.15, -0.1) is 11.0 Å². The third-order valence-corrected chi connectivity index (χ3v) is 3.96. The molecule has 0 aromatic heterocycles. The van der Waals surface area contributed by atoms with Crippen LogP contribution in [0.5, 0.6) is 0 Å². The molecule has 5 nitrogen and oxygen atoms in total. The lowest BCUT2D eigenvalue weighted by Crippen LogP contribution is -2.33. The zero-order valence-corrected chi connectivity index (χ0v) is 10.6. The molecule has 0 fully saturated rings. The van der Waals surface area contributed by atoms with Gasteiger partial charge in [0.25, 0.3) is 10.0 Å². The van der Waals surface area contributed by atoms with Crippen molar-refractivity contribution < 1.29 is 13.5 Å². The van der Waals surface area contributed by atoms with Crippen LogP contribution in [0.1, 0.15) is 5.56 Å². The summed E-state index contributed by atoms with van der Waals surface area (Å²) >= 11 is 0. The van der Waals surface area contributed by atoms with Crippen LogP contribution in [0, 0.1) is 0 Å². The van der Waals surface area contributed by atoms with Gasteiger partial charge in [0.15, 0.2) is 5.84 Å². The highest BCUT2D eigenvalue weighted by atomic mass is 32.2. The molecule has 0 aliphatic carbocycles. The van der Waals surface area contributed by atoms with Crippen LogP contribution in [0.15, 0.2) is 46.2 Å². The normalized spacial score (nSPS) is 15.9. The van der Waals surface area contributed by atoms with Gasteiger partial charge in [0.05, 0.1) is 6.61 Å². The maximum absolute atomic E-state index is 11.9. The second-order valence-corrected chi connectivity index (χ2v) is 5.42. The van der Waals surface area contributed by atoms with Crippen LogP contribution in [0.3, 0.4) is 0 Å². The molecule has 1 N–H and O–H groups in total. The van der Waals surface area contributed by atoms with E-state index in [9.17, 15) is 8.42 Å². The Morgan fingerprint density at radius 3 is 2.78 bits per heavy atom. The van der Waals surface area contributed by atoms with Crippen LogP contribution in [0.25, 0.3) is 0 Å². The van der Waals surface area contributed by atoms with Crippen LogP contribution in [-0.4, -0.2) is 44.0 Å². The Morgan fingerprint density at radius 1 is 1.39 bits per heavy atom. The molecule has 2 rings (SSSR count). The average molecular weight is 266 g/mol. The molecule has 1 aromatic carbocycles. The summed E-state index contributed by atoms with van der Waals surface area (Å²) in [6, 6.07) is 6.68. The Bertz CT molecular complexity index is 593. The van der Waals surface area contributed by atoms with Gasteiger partial charge < -0.3 is 10.0 Å². The summed E-state index contributed by atoms with van der Waals surface area (Å²) < 4.78 is 27.5. The molecule has 0 bridgehead atoms. The number of hydrogen-bond acceptors (Lipinski definition) is 4. The van der Waals surface area contributed by atoms with Crippen LogP contribution < -0.4 is 0 Å². The molecule has 1 heterocycles. The quantitative estimate of drug-likeness (QED) is 0.811. The standard InChI is InChI=1S/C12H14N2O3S/c1-2-7-14(8-9-15)12-10-5-3-4-6-11(10)18(16,17)13-12/h2-6,15H,1,7-9H2. The number of benzene rings is 1. The largest absolute Gasteiger partial charge is 0.395 e. The molecule has 1 aromatic rings. The summed E-state index contributed by atoms with van der Waals surface area (Å²) in [7, 11) is -3.61. The number of nitrogens with zero attached hydrogens (tertiary/aromatic N) is 2. The fraction of sp³-hybridized carbons (Fsp3) is 0.250. The minimum absolute atomic E-state index is 0.0743. The highest BCUT2D eigenvalue weighted by Crippen LogP contribution is 2.27. The zero-order valence-electron chi connectivity index (χ0n) is 9.78. The number of rotatable bonds is 4. The van der Waals surface area contributed by atoms with E-state index in [4.69, 9.17) is 5.11 Å². The molecular formula is C12H14N2O3S. The zero-order chi connectivity index (χ0) is 13.2. The summed E-state index contributed by atoms with van der Waals surface area (Å²) in [6.07, 6.45) is 1.64. The van der Waals surface area contributed by atoms with Crippen molar-refractivity contribution >= 4 is 15.9 Å². The number of fused-ring (bicyclic) bond motifs is 1. The molecule has 0 amide bonds. The Labute approximate surface area is 106 Å². The van der Waals surface area contributed by atoms with Crippen LogP contribution in [0.4, 0.5) is 0 Å². The topological polar surface area (TPSA) is 70.0 Å². The second kappa shape index (κ2) is 4.91. The maximum Gasteiger partial charge on any atom is 0.285 e. The highest BCUT2D eigenvalue weighted by Gasteiger charge is 2.30. The highest BCUT2D eigenvalue weighted by molar-refractivity contribution is 7.90.